The normalized spacial score (nSPS) is 11.9. The van der Waals surface area contributed by atoms with E-state index in [0.29, 0.717) is 16.5 Å². The quantitative estimate of drug-likeness (QED) is 0.513. The molecule has 2 aromatic rings. The number of hydrogen-bond acceptors (Lipinski definition) is 5. The average Bonchev–Trinajstić information content (AvgIpc) is 2.38. The number of rotatable bonds is 4. The molecular weight excluding hydrogens is 272 g/mol. The molecule has 3 N–H and O–H groups in total. The highest BCUT2D eigenvalue weighted by Gasteiger charge is 2.16. The van der Waals surface area contributed by atoms with E-state index in [1.54, 1.807) is 30.5 Å². The summed E-state index contributed by atoms with van der Waals surface area (Å²) in [7, 11) is 0. The molecule has 0 aliphatic rings. The number of nitrogens with zero attached hydrogens (tertiary/aromatic N) is 2. The van der Waals surface area contributed by atoms with E-state index in [4.69, 9.17) is 5.73 Å². The van der Waals surface area contributed by atoms with Gasteiger partial charge < -0.3 is 11.1 Å². The van der Waals surface area contributed by atoms with Gasteiger partial charge in [0.2, 0.25) is 5.91 Å². The molecule has 1 atom stereocenters. The first-order valence-corrected chi connectivity index (χ1v) is 7.05. The predicted octanol–water partition coefficient (Wildman–Crippen LogP) is 2.49. The van der Waals surface area contributed by atoms with Gasteiger partial charge in [-0.05, 0) is 38.1 Å². The lowest BCUT2D eigenvalue weighted by Crippen LogP contribution is -2.22. The number of aryl methyl sites for hydroxylation is 1. The first-order chi connectivity index (χ1) is 9.54. The summed E-state index contributed by atoms with van der Waals surface area (Å²) in [6, 6.07) is 8.91. The molecule has 0 fully saturated rings. The lowest BCUT2D eigenvalue weighted by Gasteiger charge is -2.11. The Balaban J connectivity index is 1.98. The molecule has 20 heavy (non-hydrogen) atoms. The molecule has 0 spiro atoms. The Hall–Kier alpha value is -2.08. The number of nitrogens with one attached hydrogen (secondary N) is 1. The number of anilines is 2. The molecule has 104 valence electrons. The highest BCUT2D eigenvalue weighted by Crippen LogP contribution is 2.21. The number of benzene rings is 1. The molecule has 1 aromatic carbocycles. The predicted molar refractivity (Wildman–Crippen MR) is 81.6 cm³/mol. The summed E-state index contributed by atoms with van der Waals surface area (Å²) in [5, 5.41) is 3.13. The van der Waals surface area contributed by atoms with Crippen molar-refractivity contribution in [1.29, 1.82) is 0 Å². The van der Waals surface area contributed by atoms with Crippen LogP contribution >= 0.6 is 11.8 Å². The average molecular weight is 288 g/mol. The maximum atomic E-state index is 12.1. The fourth-order valence-electron chi connectivity index (χ4n) is 1.55. The van der Waals surface area contributed by atoms with Gasteiger partial charge in [-0.15, -0.1) is 0 Å². The molecule has 1 amide bonds. The van der Waals surface area contributed by atoms with E-state index < -0.39 is 0 Å². The van der Waals surface area contributed by atoms with Crippen LogP contribution in [0.25, 0.3) is 0 Å². The number of carbonyl (C=O) groups excluding carboxylic acids is 1. The summed E-state index contributed by atoms with van der Waals surface area (Å²) in [4.78, 5) is 20.5. The topological polar surface area (TPSA) is 80.9 Å². The summed E-state index contributed by atoms with van der Waals surface area (Å²) in [6.45, 7) is 3.71. The Labute approximate surface area is 122 Å². The zero-order valence-corrected chi connectivity index (χ0v) is 12.1. The van der Waals surface area contributed by atoms with Crippen LogP contribution in [0.1, 0.15) is 12.6 Å². The van der Waals surface area contributed by atoms with Crippen molar-refractivity contribution in [3.8, 4) is 0 Å². The summed E-state index contributed by atoms with van der Waals surface area (Å²) in [6.07, 6.45) is 1.69. The summed E-state index contributed by atoms with van der Waals surface area (Å²) >= 11 is 1.32. The number of hydrogen-bond donors (Lipinski definition) is 2. The fraction of sp³-hybridized carbons (Fsp3) is 0.214. The molecule has 1 heterocycles. The van der Waals surface area contributed by atoms with Crippen molar-refractivity contribution in [2.75, 3.05) is 11.1 Å². The SMILES string of the molecule is Cc1ccnc(SC(C)C(=O)Nc2cccc(N)c2)n1. The molecule has 0 saturated heterocycles. The Kier molecular flexibility index (Phi) is 4.57. The van der Waals surface area contributed by atoms with Crippen LogP contribution in [0.15, 0.2) is 41.7 Å². The van der Waals surface area contributed by atoms with E-state index in [1.165, 1.54) is 11.8 Å². The highest BCUT2D eigenvalue weighted by atomic mass is 32.2. The molecule has 5 nitrogen and oxygen atoms in total. The number of carbonyl (C=O) groups is 1. The fourth-order valence-corrected chi connectivity index (χ4v) is 2.36. The zero-order chi connectivity index (χ0) is 14.5. The van der Waals surface area contributed by atoms with Crippen molar-refractivity contribution in [1.82, 2.24) is 9.97 Å². The van der Waals surface area contributed by atoms with Gasteiger partial charge in [-0.3, -0.25) is 4.79 Å². The third-order valence-corrected chi connectivity index (χ3v) is 3.55. The van der Waals surface area contributed by atoms with E-state index in [1.807, 2.05) is 19.9 Å². The molecule has 0 aliphatic carbocycles. The summed E-state index contributed by atoms with van der Waals surface area (Å²) < 4.78 is 0. The molecule has 0 bridgehead atoms. The minimum absolute atomic E-state index is 0.106. The summed E-state index contributed by atoms with van der Waals surface area (Å²) in [5.74, 6) is -0.106. The Morgan fingerprint density at radius 3 is 2.90 bits per heavy atom. The van der Waals surface area contributed by atoms with E-state index in [-0.39, 0.29) is 11.2 Å². The van der Waals surface area contributed by atoms with Gasteiger partial charge in [-0.1, -0.05) is 17.8 Å². The maximum Gasteiger partial charge on any atom is 0.237 e. The second kappa shape index (κ2) is 6.38. The second-order valence-corrected chi connectivity index (χ2v) is 5.66. The Morgan fingerprint density at radius 1 is 1.40 bits per heavy atom. The van der Waals surface area contributed by atoms with Crippen molar-refractivity contribution < 1.29 is 4.79 Å². The molecule has 0 saturated carbocycles. The van der Waals surface area contributed by atoms with Crippen LogP contribution in [0.5, 0.6) is 0 Å². The largest absolute Gasteiger partial charge is 0.399 e. The van der Waals surface area contributed by atoms with Crippen LogP contribution in [-0.2, 0) is 4.79 Å². The molecule has 0 radical (unpaired) electrons. The highest BCUT2D eigenvalue weighted by molar-refractivity contribution is 8.00. The first-order valence-electron chi connectivity index (χ1n) is 6.17. The van der Waals surface area contributed by atoms with Gasteiger partial charge in [-0.25, -0.2) is 9.97 Å². The number of nitrogens with two attached hydrogens (primary N) is 1. The monoisotopic (exact) mass is 288 g/mol. The second-order valence-electron chi connectivity index (χ2n) is 4.36. The van der Waals surface area contributed by atoms with Crippen LogP contribution in [0, 0.1) is 6.92 Å². The summed E-state index contributed by atoms with van der Waals surface area (Å²) in [5.41, 5.74) is 7.86. The third-order valence-electron chi connectivity index (χ3n) is 2.58. The molecular formula is C14H16N4OS. The smallest absolute Gasteiger partial charge is 0.237 e. The van der Waals surface area contributed by atoms with Gasteiger partial charge in [-0.2, -0.15) is 0 Å². The van der Waals surface area contributed by atoms with Crippen molar-refractivity contribution in [2.24, 2.45) is 0 Å². The minimum atomic E-state index is -0.293. The van der Waals surface area contributed by atoms with E-state index in [9.17, 15) is 4.79 Å². The van der Waals surface area contributed by atoms with E-state index >= 15 is 0 Å². The third kappa shape index (κ3) is 3.96. The van der Waals surface area contributed by atoms with Gasteiger partial charge >= 0.3 is 0 Å². The standard InChI is InChI=1S/C14H16N4OS/c1-9-6-7-16-14(17-9)20-10(2)13(19)18-12-5-3-4-11(15)8-12/h3-8,10H,15H2,1-2H3,(H,18,19). The first kappa shape index (κ1) is 14.3. The van der Waals surface area contributed by atoms with Gasteiger partial charge in [0.15, 0.2) is 5.16 Å². The van der Waals surface area contributed by atoms with Crippen LogP contribution in [-0.4, -0.2) is 21.1 Å². The van der Waals surface area contributed by atoms with Crippen LogP contribution in [0.2, 0.25) is 0 Å². The lowest BCUT2D eigenvalue weighted by atomic mass is 10.3. The molecule has 6 heteroatoms. The van der Waals surface area contributed by atoms with Gasteiger partial charge in [0.1, 0.15) is 0 Å². The lowest BCUT2D eigenvalue weighted by molar-refractivity contribution is -0.115. The Morgan fingerprint density at radius 2 is 2.20 bits per heavy atom. The van der Waals surface area contributed by atoms with Crippen molar-refractivity contribution in [3.63, 3.8) is 0 Å². The van der Waals surface area contributed by atoms with E-state index in [0.717, 1.165) is 5.69 Å². The van der Waals surface area contributed by atoms with Crippen molar-refractivity contribution in [3.05, 3.63) is 42.2 Å². The molecule has 1 unspecified atom stereocenters. The van der Waals surface area contributed by atoms with E-state index in [2.05, 4.69) is 15.3 Å². The number of nitrogen functional groups attached to an aromatic ring is 1. The maximum absolute atomic E-state index is 12.1. The van der Waals surface area contributed by atoms with Gasteiger partial charge in [0.05, 0.1) is 5.25 Å². The Bertz CT molecular complexity index is 618. The van der Waals surface area contributed by atoms with Gasteiger partial charge in [0, 0.05) is 23.3 Å². The molecule has 1 aromatic heterocycles. The molecule has 0 aliphatic heterocycles. The van der Waals surface area contributed by atoms with Crippen LogP contribution in [0.4, 0.5) is 11.4 Å². The number of aromatic nitrogens is 2. The zero-order valence-electron chi connectivity index (χ0n) is 11.3. The van der Waals surface area contributed by atoms with Crippen LogP contribution in [0.3, 0.4) is 0 Å². The minimum Gasteiger partial charge on any atom is -0.399 e. The number of amides is 1. The van der Waals surface area contributed by atoms with Crippen LogP contribution < -0.4 is 11.1 Å². The van der Waals surface area contributed by atoms with Crippen molar-refractivity contribution >= 4 is 29.0 Å². The molecule has 2 rings (SSSR count). The number of thioether (sulfide) groups is 1. The van der Waals surface area contributed by atoms with Gasteiger partial charge in [0.25, 0.3) is 0 Å². The van der Waals surface area contributed by atoms with Crippen molar-refractivity contribution in [2.45, 2.75) is 24.3 Å².